The van der Waals surface area contributed by atoms with E-state index in [0.29, 0.717) is 12.1 Å². The molecule has 0 unspecified atom stereocenters. The van der Waals surface area contributed by atoms with Crippen LogP contribution < -0.4 is 5.73 Å². The number of anilines is 1. The smallest absolute Gasteiger partial charge is 0.245 e. The molecule has 0 bridgehead atoms. The number of nitrogens with two attached hydrogens (primary N) is 1. The molecule has 1 aromatic rings. The van der Waals surface area contributed by atoms with Crippen LogP contribution in [0.1, 0.15) is 19.4 Å². The summed E-state index contributed by atoms with van der Waals surface area (Å²) in [6.07, 6.45) is 0. The summed E-state index contributed by atoms with van der Waals surface area (Å²) in [5.74, 6) is -0.604. The molecule has 1 aromatic carbocycles. The molecule has 2 N–H and O–H groups in total. The van der Waals surface area contributed by atoms with Gasteiger partial charge in [-0.2, -0.15) is 0 Å². The fourth-order valence-electron chi connectivity index (χ4n) is 1.65. The molecule has 0 radical (unpaired) electrons. The molecule has 0 aromatic heterocycles. The van der Waals surface area contributed by atoms with Crippen molar-refractivity contribution < 1.29 is 12.8 Å². The molecule has 0 spiro atoms. The predicted octanol–water partition coefficient (Wildman–Crippen LogP) is 1.99. The van der Waals surface area contributed by atoms with Gasteiger partial charge in [0, 0.05) is 19.3 Å². The molecule has 0 amide bonds. The maximum Gasteiger partial charge on any atom is 0.245 e. The first-order valence-corrected chi connectivity index (χ1v) is 7.12. The van der Waals surface area contributed by atoms with Crippen molar-refractivity contribution in [2.45, 2.75) is 25.7 Å². The normalized spacial score (nSPS) is 12.4. The van der Waals surface area contributed by atoms with Gasteiger partial charge in [0.15, 0.2) is 0 Å². The van der Waals surface area contributed by atoms with Crippen LogP contribution in [0.25, 0.3) is 0 Å². The van der Waals surface area contributed by atoms with Gasteiger partial charge in [0.1, 0.15) is 10.7 Å². The highest BCUT2D eigenvalue weighted by Gasteiger charge is 2.25. The van der Waals surface area contributed by atoms with Gasteiger partial charge in [0.05, 0.1) is 0 Å². The quantitative estimate of drug-likeness (QED) is 0.854. The van der Waals surface area contributed by atoms with Crippen LogP contribution in [0, 0.1) is 18.7 Å². The Labute approximate surface area is 108 Å². The van der Waals surface area contributed by atoms with Crippen molar-refractivity contribution >= 4 is 15.7 Å². The molecule has 0 aliphatic carbocycles. The molecular weight excluding hydrogens is 255 g/mol. The molecular formula is C12H19FN2O2S. The van der Waals surface area contributed by atoms with Crippen molar-refractivity contribution in [1.29, 1.82) is 0 Å². The lowest BCUT2D eigenvalue weighted by Gasteiger charge is -2.20. The standard InChI is InChI=1S/C12H19FN2O2S/c1-8(2)7-15(4)18(16,17)12-6-11(14)9(3)5-10(12)13/h5-6,8H,7,14H2,1-4H3. The third-order valence-electron chi connectivity index (χ3n) is 2.63. The van der Waals surface area contributed by atoms with Gasteiger partial charge >= 0.3 is 0 Å². The van der Waals surface area contributed by atoms with Gasteiger partial charge in [-0.15, -0.1) is 0 Å². The van der Waals surface area contributed by atoms with Crippen LogP contribution in [0.5, 0.6) is 0 Å². The highest BCUT2D eigenvalue weighted by Crippen LogP contribution is 2.24. The lowest BCUT2D eigenvalue weighted by Crippen LogP contribution is -2.31. The van der Waals surface area contributed by atoms with Crippen LogP contribution >= 0.6 is 0 Å². The zero-order chi connectivity index (χ0) is 14.1. The number of hydrogen-bond acceptors (Lipinski definition) is 3. The van der Waals surface area contributed by atoms with E-state index < -0.39 is 15.8 Å². The van der Waals surface area contributed by atoms with Crippen molar-refractivity contribution in [1.82, 2.24) is 4.31 Å². The summed E-state index contributed by atoms with van der Waals surface area (Å²) in [6.45, 7) is 5.75. The van der Waals surface area contributed by atoms with Gasteiger partial charge in [-0.3, -0.25) is 0 Å². The number of hydrogen-bond donors (Lipinski definition) is 1. The summed E-state index contributed by atoms with van der Waals surface area (Å²) >= 11 is 0. The number of rotatable bonds is 4. The predicted molar refractivity (Wildman–Crippen MR) is 70.2 cm³/mol. The third-order valence-corrected chi connectivity index (χ3v) is 4.47. The van der Waals surface area contributed by atoms with Crippen LogP contribution in [-0.4, -0.2) is 26.3 Å². The van der Waals surface area contributed by atoms with Crippen molar-refractivity contribution in [3.8, 4) is 0 Å². The Morgan fingerprint density at radius 1 is 1.39 bits per heavy atom. The SMILES string of the molecule is Cc1cc(F)c(S(=O)(=O)N(C)CC(C)C)cc1N. The van der Waals surface area contributed by atoms with E-state index >= 15 is 0 Å². The second-order valence-electron chi connectivity index (χ2n) is 4.82. The fraction of sp³-hybridized carbons (Fsp3) is 0.500. The average molecular weight is 274 g/mol. The molecule has 0 fully saturated rings. The monoisotopic (exact) mass is 274 g/mol. The number of aryl methyl sites for hydroxylation is 1. The summed E-state index contributed by atoms with van der Waals surface area (Å²) < 4.78 is 39.3. The Morgan fingerprint density at radius 3 is 2.44 bits per heavy atom. The van der Waals surface area contributed by atoms with E-state index in [0.717, 1.165) is 10.4 Å². The Morgan fingerprint density at radius 2 is 1.94 bits per heavy atom. The van der Waals surface area contributed by atoms with Gasteiger partial charge in [0.25, 0.3) is 0 Å². The van der Waals surface area contributed by atoms with Crippen LogP contribution in [0.4, 0.5) is 10.1 Å². The number of benzene rings is 1. The van der Waals surface area contributed by atoms with Gasteiger partial charge in [-0.05, 0) is 30.5 Å². The van der Waals surface area contributed by atoms with E-state index in [1.165, 1.54) is 13.1 Å². The Balaban J connectivity index is 3.24. The summed E-state index contributed by atoms with van der Waals surface area (Å²) in [5.41, 5.74) is 6.44. The maximum absolute atomic E-state index is 13.8. The highest BCUT2D eigenvalue weighted by molar-refractivity contribution is 7.89. The van der Waals surface area contributed by atoms with Crippen LogP contribution in [0.2, 0.25) is 0 Å². The summed E-state index contributed by atoms with van der Waals surface area (Å²) in [4.78, 5) is -0.367. The minimum absolute atomic E-state index is 0.163. The molecule has 0 aliphatic rings. The Kier molecular flexibility index (Phi) is 4.34. The van der Waals surface area contributed by atoms with Crippen molar-refractivity contribution in [2.75, 3.05) is 19.3 Å². The van der Waals surface area contributed by atoms with Crippen LogP contribution in [-0.2, 0) is 10.0 Å². The van der Waals surface area contributed by atoms with E-state index in [1.54, 1.807) is 6.92 Å². The number of sulfonamides is 1. The lowest BCUT2D eigenvalue weighted by atomic mass is 10.2. The first-order chi connectivity index (χ1) is 8.16. The lowest BCUT2D eigenvalue weighted by molar-refractivity contribution is 0.414. The molecule has 0 heterocycles. The molecule has 0 saturated heterocycles. The molecule has 0 atom stereocenters. The highest BCUT2D eigenvalue weighted by atomic mass is 32.2. The van der Waals surface area contributed by atoms with E-state index in [-0.39, 0.29) is 16.5 Å². The minimum atomic E-state index is -3.83. The zero-order valence-electron chi connectivity index (χ0n) is 11.1. The molecule has 102 valence electrons. The van der Waals surface area contributed by atoms with Gasteiger partial charge < -0.3 is 5.73 Å². The first kappa shape index (κ1) is 14.9. The Hall–Kier alpha value is -1.14. The van der Waals surface area contributed by atoms with E-state index in [4.69, 9.17) is 5.73 Å². The second-order valence-corrected chi connectivity index (χ2v) is 6.83. The average Bonchev–Trinajstić information content (AvgIpc) is 2.22. The molecule has 6 heteroatoms. The first-order valence-electron chi connectivity index (χ1n) is 5.68. The van der Waals surface area contributed by atoms with Crippen molar-refractivity contribution in [2.24, 2.45) is 5.92 Å². The zero-order valence-corrected chi connectivity index (χ0v) is 11.9. The number of nitrogen functional groups attached to an aromatic ring is 1. The summed E-state index contributed by atoms with van der Waals surface area (Å²) in [6, 6.07) is 2.32. The van der Waals surface area contributed by atoms with Crippen LogP contribution in [0.3, 0.4) is 0 Å². The minimum Gasteiger partial charge on any atom is -0.398 e. The molecule has 0 aliphatic heterocycles. The summed E-state index contributed by atoms with van der Waals surface area (Å²) in [7, 11) is -2.39. The van der Waals surface area contributed by atoms with Crippen LogP contribution in [0.15, 0.2) is 17.0 Å². The van der Waals surface area contributed by atoms with Gasteiger partial charge in [-0.25, -0.2) is 17.1 Å². The van der Waals surface area contributed by atoms with Gasteiger partial charge in [0.2, 0.25) is 10.0 Å². The Bertz CT molecular complexity index is 541. The van der Waals surface area contributed by atoms with E-state index in [9.17, 15) is 12.8 Å². The number of nitrogens with zero attached hydrogens (tertiary/aromatic N) is 1. The van der Waals surface area contributed by atoms with E-state index in [1.807, 2.05) is 13.8 Å². The molecule has 18 heavy (non-hydrogen) atoms. The topological polar surface area (TPSA) is 63.4 Å². The van der Waals surface area contributed by atoms with Crippen molar-refractivity contribution in [3.05, 3.63) is 23.5 Å². The molecule has 4 nitrogen and oxygen atoms in total. The molecule has 1 rings (SSSR count). The van der Waals surface area contributed by atoms with Crippen molar-refractivity contribution in [3.63, 3.8) is 0 Å². The second kappa shape index (κ2) is 5.24. The van der Waals surface area contributed by atoms with E-state index in [2.05, 4.69) is 0 Å². The summed E-state index contributed by atoms with van der Waals surface area (Å²) in [5, 5.41) is 0. The third kappa shape index (κ3) is 3.00. The molecule has 0 saturated carbocycles. The number of halogens is 1. The fourth-order valence-corrected chi connectivity index (χ4v) is 3.06. The largest absolute Gasteiger partial charge is 0.398 e. The maximum atomic E-state index is 13.8. The van der Waals surface area contributed by atoms with Gasteiger partial charge in [-0.1, -0.05) is 13.8 Å².